The van der Waals surface area contributed by atoms with E-state index in [-0.39, 0.29) is 12.0 Å². The largest absolute Gasteiger partial charge is 0.497 e. The zero-order valence-electron chi connectivity index (χ0n) is 25.8. The maximum absolute atomic E-state index is 12.1. The highest BCUT2D eigenvalue weighted by molar-refractivity contribution is 5.99. The first kappa shape index (κ1) is 32.2. The molecule has 0 bridgehead atoms. The summed E-state index contributed by atoms with van der Waals surface area (Å²) < 4.78 is 23.3. The van der Waals surface area contributed by atoms with Gasteiger partial charge in [-0.2, -0.15) is 0 Å². The number of methoxy groups -OCH3 is 4. The molecule has 0 aromatic heterocycles. The Hall–Kier alpha value is -4.70. The predicted molar refractivity (Wildman–Crippen MR) is 168 cm³/mol. The molecule has 1 aliphatic heterocycles. The van der Waals surface area contributed by atoms with E-state index in [2.05, 4.69) is 12.3 Å². The van der Waals surface area contributed by atoms with E-state index < -0.39 is 17.5 Å². The fourth-order valence-corrected chi connectivity index (χ4v) is 5.67. The Bertz CT molecular complexity index is 1520. The fourth-order valence-electron chi connectivity index (χ4n) is 5.67. The monoisotopic (exact) mass is 604 g/mol. The van der Waals surface area contributed by atoms with Crippen LogP contribution in [-0.4, -0.2) is 62.7 Å². The van der Waals surface area contributed by atoms with Gasteiger partial charge >= 0.3 is 11.9 Å². The van der Waals surface area contributed by atoms with Crippen LogP contribution in [-0.2, 0) is 14.3 Å². The van der Waals surface area contributed by atoms with Gasteiger partial charge in [-0.3, -0.25) is 5.01 Å². The summed E-state index contributed by atoms with van der Waals surface area (Å²) in [4.78, 5) is 24.2. The Balaban J connectivity index is 1.70. The summed E-state index contributed by atoms with van der Waals surface area (Å²) in [7, 11) is 6.27. The van der Waals surface area contributed by atoms with Gasteiger partial charge in [-0.05, 0) is 42.3 Å². The third-order valence-electron chi connectivity index (χ3n) is 8.01. The minimum absolute atomic E-state index is 0.123. The molecule has 44 heavy (non-hydrogen) atoms. The molecule has 0 saturated carbocycles. The highest BCUT2D eigenvalue weighted by Crippen LogP contribution is 2.47. The number of benzene rings is 2. The summed E-state index contributed by atoms with van der Waals surface area (Å²) in [6, 6.07) is 10.3. The molecule has 1 aliphatic carbocycles. The molecule has 1 heterocycles. The van der Waals surface area contributed by atoms with Crippen molar-refractivity contribution in [2.75, 3.05) is 40.0 Å². The van der Waals surface area contributed by atoms with Crippen molar-refractivity contribution in [1.29, 1.82) is 0 Å². The van der Waals surface area contributed by atoms with Crippen LogP contribution in [0.25, 0.3) is 11.1 Å². The van der Waals surface area contributed by atoms with Crippen LogP contribution in [0.4, 0.5) is 5.69 Å². The van der Waals surface area contributed by atoms with Crippen molar-refractivity contribution in [3.63, 3.8) is 0 Å². The van der Waals surface area contributed by atoms with Gasteiger partial charge in [0.1, 0.15) is 22.8 Å². The number of nitrogens with one attached hydrogen (secondary N) is 1. The number of anilines is 1. The van der Waals surface area contributed by atoms with Gasteiger partial charge in [0, 0.05) is 42.9 Å². The van der Waals surface area contributed by atoms with Crippen molar-refractivity contribution in [3.8, 4) is 22.6 Å². The smallest absolute Gasteiger partial charge is 0.336 e. The maximum atomic E-state index is 12.1. The lowest BCUT2D eigenvalue weighted by molar-refractivity contribution is -0.132. The number of ether oxygens (including phenoxy) is 4. The summed E-state index contributed by atoms with van der Waals surface area (Å²) in [6.45, 7) is 2.47. The number of carbonyl (C=O) groups is 2. The van der Waals surface area contributed by atoms with Gasteiger partial charge in [0.2, 0.25) is 0 Å². The Kier molecular flexibility index (Phi) is 10.4. The third kappa shape index (κ3) is 6.45. The van der Waals surface area contributed by atoms with Gasteiger partial charge in [0.05, 0.1) is 39.0 Å². The van der Waals surface area contributed by atoms with Gasteiger partial charge in [0.25, 0.3) is 0 Å². The van der Waals surface area contributed by atoms with Crippen molar-refractivity contribution in [1.82, 2.24) is 5.43 Å². The second-order valence-electron chi connectivity index (χ2n) is 10.5. The first-order chi connectivity index (χ1) is 21.2. The van der Waals surface area contributed by atoms with Crippen molar-refractivity contribution in [3.05, 3.63) is 88.9 Å². The highest BCUT2D eigenvalue weighted by Gasteiger charge is 2.39. The molecule has 10 nitrogen and oxygen atoms in total. The first-order valence-electron chi connectivity index (χ1n) is 14.5. The molecule has 0 fully saturated rings. The summed E-state index contributed by atoms with van der Waals surface area (Å²) in [6.07, 6.45) is 10.8. The standard InChI is InChI=1S/C34H40N2O8/c1-6-7-8-11-22(32(37)38)18-23-19-34(44-5,17-16-28(23)41-2)24-20-35-36(21-24)27-14-15-29(42-3)30(31(27)43-4)25-12-9-10-13-26(25)33(39)40/h9-16,19-20,35H,6-8,17-18,21H2,1-5H3,(H,37,38)(H,39,40). The SMILES string of the molecule is CCCCC=C(CC1=CC(OC)(C2=CNN(c3ccc(OC)c(-c4ccccc4C(=O)O)c3OC)C2)CC=C1OC)C(=O)O. The molecule has 0 saturated heterocycles. The number of rotatable bonds is 14. The van der Waals surface area contributed by atoms with E-state index in [1.54, 1.807) is 50.6 Å². The molecule has 0 amide bonds. The number of hydrogen-bond donors (Lipinski definition) is 3. The average Bonchev–Trinajstić information content (AvgIpc) is 3.54. The quantitative estimate of drug-likeness (QED) is 0.172. The van der Waals surface area contributed by atoms with Crippen LogP contribution in [0.15, 0.2) is 83.3 Å². The summed E-state index contributed by atoms with van der Waals surface area (Å²) in [5, 5.41) is 21.7. The van der Waals surface area contributed by atoms with Gasteiger partial charge in [-0.15, -0.1) is 0 Å². The lowest BCUT2D eigenvalue weighted by Gasteiger charge is -2.34. The molecule has 234 valence electrons. The van der Waals surface area contributed by atoms with Crippen LogP contribution >= 0.6 is 0 Å². The Morgan fingerprint density at radius 2 is 1.82 bits per heavy atom. The fraction of sp³-hybridized carbons (Fsp3) is 0.353. The number of allylic oxidation sites excluding steroid dienone is 2. The predicted octanol–water partition coefficient (Wildman–Crippen LogP) is 6.11. The number of unbranched alkanes of at least 4 members (excludes halogenated alkanes) is 2. The molecule has 3 N–H and O–H groups in total. The minimum atomic E-state index is -1.06. The van der Waals surface area contributed by atoms with Crippen LogP contribution in [0.3, 0.4) is 0 Å². The molecule has 10 heteroatoms. The van der Waals surface area contributed by atoms with Crippen molar-refractivity contribution >= 4 is 17.6 Å². The van der Waals surface area contributed by atoms with E-state index in [4.69, 9.17) is 18.9 Å². The molecule has 4 rings (SSSR count). The Morgan fingerprint density at radius 1 is 1.05 bits per heavy atom. The van der Waals surface area contributed by atoms with E-state index >= 15 is 0 Å². The molecule has 0 spiro atoms. The lowest BCUT2D eigenvalue weighted by atomic mass is 9.82. The number of hydrogen-bond acceptors (Lipinski definition) is 8. The molecule has 0 radical (unpaired) electrons. The number of hydrazine groups is 1. The molecule has 1 unspecified atom stereocenters. The number of aliphatic carboxylic acids is 1. The second kappa shape index (κ2) is 14.2. The van der Waals surface area contributed by atoms with Crippen LogP contribution in [0, 0.1) is 0 Å². The maximum Gasteiger partial charge on any atom is 0.336 e. The normalized spacial score (nSPS) is 18.2. The number of aromatic carboxylic acids is 1. The summed E-state index contributed by atoms with van der Waals surface area (Å²) >= 11 is 0. The summed E-state index contributed by atoms with van der Waals surface area (Å²) in [5.74, 6) is -0.474. The zero-order valence-corrected chi connectivity index (χ0v) is 25.8. The van der Waals surface area contributed by atoms with Gasteiger partial charge in [0.15, 0.2) is 5.75 Å². The van der Waals surface area contributed by atoms with Crippen LogP contribution < -0.4 is 19.9 Å². The molecular formula is C34H40N2O8. The zero-order chi connectivity index (χ0) is 31.9. The topological polar surface area (TPSA) is 127 Å². The van der Waals surface area contributed by atoms with Crippen LogP contribution in [0.2, 0.25) is 0 Å². The molecular weight excluding hydrogens is 564 g/mol. The Morgan fingerprint density at radius 3 is 2.45 bits per heavy atom. The second-order valence-corrected chi connectivity index (χ2v) is 10.5. The van der Waals surface area contributed by atoms with Gasteiger partial charge in [-0.25, -0.2) is 9.59 Å². The summed E-state index contributed by atoms with van der Waals surface area (Å²) in [5.41, 5.74) is 6.19. The molecule has 1 atom stereocenters. The number of nitrogens with zero attached hydrogens (tertiary/aromatic N) is 1. The van der Waals surface area contributed by atoms with Gasteiger partial charge < -0.3 is 34.6 Å². The van der Waals surface area contributed by atoms with Crippen LogP contribution in [0.5, 0.6) is 11.5 Å². The third-order valence-corrected chi connectivity index (χ3v) is 8.01. The molecule has 2 aromatic carbocycles. The van der Waals surface area contributed by atoms with Crippen molar-refractivity contribution < 1.29 is 38.7 Å². The van der Waals surface area contributed by atoms with Crippen LogP contribution in [0.1, 0.15) is 49.4 Å². The van der Waals surface area contributed by atoms with E-state index in [1.807, 2.05) is 29.4 Å². The van der Waals surface area contributed by atoms with E-state index in [1.165, 1.54) is 14.2 Å². The highest BCUT2D eigenvalue weighted by atomic mass is 16.5. The van der Waals surface area contributed by atoms with Gasteiger partial charge in [-0.1, -0.05) is 44.0 Å². The van der Waals surface area contributed by atoms with Crippen molar-refractivity contribution in [2.24, 2.45) is 0 Å². The lowest BCUT2D eigenvalue weighted by Crippen LogP contribution is -2.37. The number of carboxylic acids is 2. The first-order valence-corrected chi connectivity index (χ1v) is 14.5. The average molecular weight is 605 g/mol. The van der Waals surface area contributed by atoms with E-state index in [0.29, 0.717) is 59.0 Å². The molecule has 2 aromatic rings. The van der Waals surface area contributed by atoms with E-state index in [9.17, 15) is 19.8 Å². The molecule has 2 aliphatic rings. The Labute approximate surface area is 257 Å². The minimum Gasteiger partial charge on any atom is -0.497 e. The van der Waals surface area contributed by atoms with E-state index in [0.717, 1.165) is 24.0 Å². The van der Waals surface area contributed by atoms with Crippen molar-refractivity contribution in [2.45, 2.75) is 44.6 Å². The number of carboxylic acid groups (broad SMARTS) is 2.